The molecule has 12 heavy (non-hydrogen) atoms. The number of hydrazine groups is 1. The summed E-state index contributed by atoms with van der Waals surface area (Å²) in [6.07, 6.45) is 4.56. The van der Waals surface area contributed by atoms with E-state index in [-0.39, 0.29) is 64.0 Å². The normalized spacial score (nSPS) is 18.1. The minimum atomic E-state index is -0.754. The van der Waals surface area contributed by atoms with Crippen LogP contribution in [0.25, 0.3) is 0 Å². The summed E-state index contributed by atoms with van der Waals surface area (Å²) >= 11 is 0. The Kier molecular flexibility index (Phi) is 6.70. The molecule has 0 bridgehead atoms. The zero-order valence-corrected chi connectivity index (χ0v) is 10.4. The van der Waals surface area contributed by atoms with E-state index in [0.29, 0.717) is 0 Å². The summed E-state index contributed by atoms with van der Waals surface area (Å²) in [5.74, 6) is 0. The molecule has 0 atom stereocenters. The summed E-state index contributed by atoms with van der Waals surface area (Å²) in [6, 6.07) is -0.265. The number of nitrogens with zero attached hydrogens (tertiary/aromatic N) is 2. The maximum Gasteiger partial charge on any atom is 1.00 e. The van der Waals surface area contributed by atoms with Crippen LogP contribution in [-0.2, 0) is 0 Å². The molecule has 0 aromatic carbocycles. The molecule has 0 radical (unpaired) electrons. The Bertz CT molecular complexity index is 155. The average molecular weight is 200 g/mol. The zero-order valence-electron chi connectivity index (χ0n) is 8.27. The Morgan fingerprint density at radius 1 is 1.42 bits per heavy atom. The summed E-state index contributed by atoms with van der Waals surface area (Å²) in [6.45, 7) is 0. The second kappa shape index (κ2) is 6.28. The Hall–Kier alpha value is 0.796. The first kappa shape index (κ1) is 12.8. The van der Waals surface area contributed by atoms with E-state index in [9.17, 15) is 10.1 Å². The van der Waals surface area contributed by atoms with Gasteiger partial charge in [-0.15, -0.1) is 0 Å². The van der Waals surface area contributed by atoms with Crippen LogP contribution in [0.4, 0.5) is 0 Å². The molecular weight excluding hydrogens is 187 g/mol. The number of hydrogen-bond donors (Lipinski definition) is 1. The van der Waals surface area contributed by atoms with E-state index in [1.165, 1.54) is 0 Å². The monoisotopic (exact) mass is 200 g/mol. The Balaban J connectivity index is 0. The van der Waals surface area contributed by atoms with Crippen molar-refractivity contribution in [3.8, 4) is 0 Å². The van der Waals surface area contributed by atoms with Gasteiger partial charge in [-0.1, -0.05) is 19.3 Å². The van der Waals surface area contributed by atoms with Crippen molar-refractivity contribution in [3.05, 3.63) is 10.1 Å². The SMILES string of the molecule is O=[N+]([O-])N(O)C1CCCCC1.[H-].[K+]. The third-order valence-electron chi connectivity index (χ3n) is 2.07. The molecule has 1 aliphatic carbocycles. The molecule has 5 nitrogen and oxygen atoms in total. The maximum atomic E-state index is 10.1. The van der Waals surface area contributed by atoms with Crippen molar-refractivity contribution in [1.82, 2.24) is 5.17 Å². The van der Waals surface area contributed by atoms with E-state index in [1.54, 1.807) is 0 Å². The number of rotatable bonds is 2. The molecule has 0 spiro atoms. The average Bonchev–Trinajstić information content (AvgIpc) is 2.05. The first-order chi connectivity index (χ1) is 5.22. The summed E-state index contributed by atoms with van der Waals surface area (Å²) in [5, 5.41) is 18.5. The van der Waals surface area contributed by atoms with Crippen LogP contribution < -0.4 is 51.4 Å². The van der Waals surface area contributed by atoms with Crippen LogP contribution in [0.5, 0.6) is 0 Å². The van der Waals surface area contributed by atoms with Gasteiger partial charge in [0.15, 0.2) is 5.03 Å². The van der Waals surface area contributed by atoms with Crippen LogP contribution >= 0.6 is 0 Å². The molecule has 0 aromatic rings. The van der Waals surface area contributed by atoms with Gasteiger partial charge in [-0.25, -0.2) is 15.3 Å². The minimum Gasteiger partial charge on any atom is -1.00 e. The van der Waals surface area contributed by atoms with Crippen LogP contribution in [0.1, 0.15) is 33.5 Å². The molecule has 1 saturated carbocycles. The van der Waals surface area contributed by atoms with Gasteiger partial charge in [0.1, 0.15) is 6.04 Å². The molecule has 1 aliphatic rings. The third kappa shape index (κ3) is 3.67. The molecular formula is C6H13KN2O3. The van der Waals surface area contributed by atoms with Gasteiger partial charge in [0.05, 0.1) is 0 Å². The standard InChI is InChI=1S/C6H12N2O3.K.H/c9-7(8(10)11)6-4-2-1-3-5-6;;/h6,9H,1-5H2;;/q;+1;-1. The number of hydrogen-bond acceptors (Lipinski definition) is 3. The van der Waals surface area contributed by atoms with Crippen molar-refractivity contribution in [2.24, 2.45) is 0 Å². The minimum absolute atomic E-state index is 0. The fourth-order valence-electron chi connectivity index (χ4n) is 1.45. The smallest absolute Gasteiger partial charge is 1.00 e. The number of nitro groups is 1. The molecule has 1 N–H and O–H groups in total. The van der Waals surface area contributed by atoms with Crippen molar-refractivity contribution < 1.29 is 63.1 Å². The summed E-state index contributed by atoms with van der Waals surface area (Å²) in [4.78, 5) is 10.1. The van der Waals surface area contributed by atoms with Crippen LogP contribution in [-0.4, -0.2) is 21.5 Å². The van der Waals surface area contributed by atoms with Crippen LogP contribution in [0.3, 0.4) is 0 Å². The predicted molar refractivity (Wildman–Crippen MR) is 38.6 cm³/mol. The summed E-state index contributed by atoms with van der Waals surface area (Å²) in [5.41, 5.74) is 0. The van der Waals surface area contributed by atoms with Gasteiger partial charge < -0.3 is 1.43 Å². The summed E-state index contributed by atoms with van der Waals surface area (Å²) in [7, 11) is 0. The Labute approximate surface area is 115 Å². The molecule has 1 fully saturated rings. The van der Waals surface area contributed by atoms with E-state index in [0.717, 1.165) is 32.1 Å². The van der Waals surface area contributed by atoms with E-state index < -0.39 is 5.03 Å². The first-order valence-electron chi connectivity index (χ1n) is 3.84. The van der Waals surface area contributed by atoms with Crippen LogP contribution in [0, 0.1) is 10.1 Å². The molecule has 0 aliphatic heterocycles. The molecule has 0 amide bonds. The zero-order chi connectivity index (χ0) is 8.27. The molecule has 1 rings (SSSR count). The van der Waals surface area contributed by atoms with Gasteiger partial charge in [-0.05, 0) is 12.8 Å². The third-order valence-corrected chi connectivity index (χ3v) is 2.07. The van der Waals surface area contributed by atoms with Gasteiger partial charge >= 0.3 is 51.4 Å². The van der Waals surface area contributed by atoms with Crippen molar-refractivity contribution in [2.75, 3.05) is 0 Å². The van der Waals surface area contributed by atoms with Crippen molar-refractivity contribution in [2.45, 2.75) is 38.1 Å². The Morgan fingerprint density at radius 2 is 1.92 bits per heavy atom. The fraction of sp³-hybridized carbons (Fsp3) is 1.00. The largest absolute Gasteiger partial charge is 1.00 e. The van der Waals surface area contributed by atoms with Gasteiger partial charge in [0.25, 0.3) is 0 Å². The van der Waals surface area contributed by atoms with Gasteiger partial charge in [0.2, 0.25) is 0 Å². The first-order valence-corrected chi connectivity index (χ1v) is 3.84. The molecule has 66 valence electrons. The summed E-state index contributed by atoms with van der Waals surface area (Å²) < 4.78 is 0. The van der Waals surface area contributed by atoms with E-state index in [1.807, 2.05) is 0 Å². The molecule has 0 unspecified atom stereocenters. The van der Waals surface area contributed by atoms with Gasteiger partial charge in [-0.3, -0.25) is 0 Å². The molecule has 6 heteroatoms. The second-order valence-corrected chi connectivity index (χ2v) is 2.85. The molecule has 0 saturated heterocycles. The van der Waals surface area contributed by atoms with E-state index in [2.05, 4.69) is 0 Å². The quantitative estimate of drug-likeness (QED) is 0.328. The molecule has 0 heterocycles. The van der Waals surface area contributed by atoms with Crippen molar-refractivity contribution in [3.63, 3.8) is 0 Å². The van der Waals surface area contributed by atoms with Crippen LogP contribution in [0.15, 0.2) is 0 Å². The van der Waals surface area contributed by atoms with Gasteiger partial charge in [-0.2, -0.15) is 0 Å². The topological polar surface area (TPSA) is 66.6 Å². The predicted octanol–water partition coefficient (Wildman–Crippen LogP) is -1.68. The van der Waals surface area contributed by atoms with Crippen LogP contribution in [0.2, 0.25) is 0 Å². The van der Waals surface area contributed by atoms with Crippen molar-refractivity contribution in [1.29, 1.82) is 0 Å². The van der Waals surface area contributed by atoms with Crippen molar-refractivity contribution >= 4 is 0 Å². The maximum absolute atomic E-state index is 10.1. The fourth-order valence-corrected chi connectivity index (χ4v) is 1.45. The van der Waals surface area contributed by atoms with E-state index >= 15 is 0 Å². The second-order valence-electron chi connectivity index (χ2n) is 2.85. The number of hydroxylamine groups is 1. The Morgan fingerprint density at radius 3 is 2.33 bits per heavy atom. The van der Waals surface area contributed by atoms with E-state index in [4.69, 9.17) is 5.21 Å². The molecule has 0 aromatic heterocycles. The van der Waals surface area contributed by atoms with Gasteiger partial charge in [0, 0.05) is 5.17 Å².